The van der Waals surface area contributed by atoms with E-state index in [1.165, 1.54) is 19.3 Å². The Morgan fingerprint density at radius 1 is 0.762 bits per heavy atom. The van der Waals surface area contributed by atoms with E-state index < -0.39 is 0 Å². The summed E-state index contributed by atoms with van der Waals surface area (Å²) in [6.07, 6.45) is 13.9. The summed E-state index contributed by atoms with van der Waals surface area (Å²) < 4.78 is 0. The van der Waals surface area contributed by atoms with Crippen molar-refractivity contribution in [3.05, 3.63) is 0 Å². The van der Waals surface area contributed by atoms with Crippen molar-refractivity contribution in [3.8, 4) is 0 Å². The lowest BCUT2D eigenvalue weighted by atomic mass is 9.43. The molecule has 0 radical (unpaired) electrons. The average molecular weight is 289 g/mol. The molecular weight excluding hydrogens is 252 g/mol. The second kappa shape index (κ2) is 4.75. The largest absolute Gasteiger partial charge is 0.0620 e. The maximum atomic E-state index is 2.71. The first kappa shape index (κ1) is 14.6. The van der Waals surface area contributed by atoms with E-state index in [4.69, 9.17) is 0 Å². The van der Waals surface area contributed by atoms with Gasteiger partial charge in [0.2, 0.25) is 0 Å². The third-order valence-electron chi connectivity index (χ3n) is 9.62. The predicted octanol–water partition coefficient (Wildman–Crippen LogP) is 6.30. The summed E-state index contributed by atoms with van der Waals surface area (Å²) in [5.74, 6) is 6.20. The van der Waals surface area contributed by atoms with E-state index in [9.17, 15) is 0 Å². The molecule has 4 saturated carbocycles. The van der Waals surface area contributed by atoms with Crippen LogP contribution in [-0.2, 0) is 0 Å². The summed E-state index contributed by atoms with van der Waals surface area (Å²) in [4.78, 5) is 0. The maximum Gasteiger partial charge on any atom is -0.0243 e. The van der Waals surface area contributed by atoms with Crippen LogP contribution in [0, 0.1) is 46.3 Å². The molecule has 0 bridgehead atoms. The van der Waals surface area contributed by atoms with E-state index in [0.29, 0.717) is 10.8 Å². The standard InChI is InChI=1S/C21H36/c1-14-8-11-18-17-10-9-16-7-5-6-12-20(16,3)19(17)13-15(2)21(14,18)4/h14-19H,5-13H2,1-4H3. The second-order valence-electron chi connectivity index (χ2n) is 9.88. The molecule has 4 rings (SSSR count). The minimum Gasteiger partial charge on any atom is -0.0620 e. The zero-order valence-electron chi connectivity index (χ0n) is 14.8. The van der Waals surface area contributed by atoms with Crippen molar-refractivity contribution < 1.29 is 0 Å². The van der Waals surface area contributed by atoms with Crippen molar-refractivity contribution in [2.24, 2.45) is 46.3 Å². The molecule has 21 heavy (non-hydrogen) atoms. The van der Waals surface area contributed by atoms with Gasteiger partial charge in [0.15, 0.2) is 0 Å². The molecular formula is C21H36. The molecule has 0 aliphatic heterocycles. The fourth-order valence-corrected chi connectivity index (χ4v) is 7.98. The van der Waals surface area contributed by atoms with Crippen LogP contribution in [0.3, 0.4) is 0 Å². The lowest BCUT2D eigenvalue weighted by Gasteiger charge is -2.62. The Hall–Kier alpha value is 0. The molecule has 0 heterocycles. The molecule has 0 spiro atoms. The molecule has 0 nitrogen and oxygen atoms in total. The summed E-state index contributed by atoms with van der Waals surface area (Å²) in [6, 6.07) is 0. The zero-order valence-corrected chi connectivity index (χ0v) is 14.8. The van der Waals surface area contributed by atoms with Crippen LogP contribution in [0.25, 0.3) is 0 Å². The highest BCUT2D eigenvalue weighted by Crippen LogP contribution is 2.68. The fraction of sp³-hybridized carbons (Fsp3) is 1.00. The van der Waals surface area contributed by atoms with Gasteiger partial charge in [-0.25, -0.2) is 0 Å². The van der Waals surface area contributed by atoms with E-state index >= 15 is 0 Å². The Kier molecular flexibility index (Phi) is 3.30. The van der Waals surface area contributed by atoms with Crippen LogP contribution in [-0.4, -0.2) is 0 Å². The van der Waals surface area contributed by atoms with Crippen LogP contribution in [0.4, 0.5) is 0 Å². The predicted molar refractivity (Wildman–Crippen MR) is 90.1 cm³/mol. The minimum atomic E-state index is 0.666. The molecule has 4 aliphatic carbocycles. The van der Waals surface area contributed by atoms with Gasteiger partial charge in [0, 0.05) is 0 Å². The fourth-order valence-electron chi connectivity index (χ4n) is 7.98. The van der Waals surface area contributed by atoms with Crippen LogP contribution in [0.2, 0.25) is 0 Å². The quantitative estimate of drug-likeness (QED) is 0.490. The van der Waals surface area contributed by atoms with Gasteiger partial charge in [-0.15, -0.1) is 0 Å². The first-order valence-electron chi connectivity index (χ1n) is 9.98. The van der Waals surface area contributed by atoms with Crippen LogP contribution < -0.4 is 0 Å². The van der Waals surface area contributed by atoms with Crippen molar-refractivity contribution in [2.45, 2.75) is 85.5 Å². The lowest BCUT2D eigenvalue weighted by Crippen LogP contribution is -2.55. The smallest absolute Gasteiger partial charge is 0.0243 e. The van der Waals surface area contributed by atoms with E-state index in [0.717, 1.165) is 35.5 Å². The van der Waals surface area contributed by atoms with Gasteiger partial charge in [-0.2, -0.15) is 0 Å². The van der Waals surface area contributed by atoms with Crippen LogP contribution in [0.5, 0.6) is 0 Å². The van der Waals surface area contributed by atoms with E-state index in [-0.39, 0.29) is 0 Å². The van der Waals surface area contributed by atoms with Crippen molar-refractivity contribution in [2.75, 3.05) is 0 Å². The molecule has 0 heteroatoms. The molecule has 0 aromatic heterocycles. The summed E-state index contributed by atoms with van der Waals surface area (Å²) in [5, 5.41) is 0. The first-order chi connectivity index (χ1) is 9.98. The SMILES string of the molecule is CC1CCC2C3CCC4CCCCC4(C)C3CC(C)C12C. The van der Waals surface area contributed by atoms with E-state index in [1.807, 2.05) is 0 Å². The highest BCUT2D eigenvalue weighted by molar-refractivity contribution is 5.09. The highest BCUT2D eigenvalue weighted by atomic mass is 14.7. The van der Waals surface area contributed by atoms with Crippen LogP contribution >= 0.6 is 0 Å². The summed E-state index contributed by atoms with van der Waals surface area (Å²) >= 11 is 0. The number of hydrogen-bond donors (Lipinski definition) is 0. The van der Waals surface area contributed by atoms with Gasteiger partial charge in [0.25, 0.3) is 0 Å². The molecule has 4 aliphatic rings. The van der Waals surface area contributed by atoms with Crippen molar-refractivity contribution >= 4 is 0 Å². The minimum absolute atomic E-state index is 0.666. The molecule has 120 valence electrons. The van der Waals surface area contributed by atoms with Gasteiger partial charge in [0.05, 0.1) is 0 Å². The third-order valence-corrected chi connectivity index (χ3v) is 9.62. The van der Waals surface area contributed by atoms with Gasteiger partial charge in [-0.05, 0) is 91.3 Å². The average Bonchev–Trinajstić information content (AvgIpc) is 2.77. The summed E-state index contributed by atoms with van der Waals surface area (Å²) in [6.45, 7) is 10.6. The number of fused-ring (bicyclic) bond motifs is 5. The maximum absolute atomic E-state index is 2.71. The Bertz CT molecular complexity index is 412. The molecule has 0 aromatic carbocycles. The second-order valence-corrected chi connectivity index (χ2v) is 9.88. The van der Waals surface area contributed by atoms with Gasteiger partial charge in [0.1, 0.15) is 0 Å². The van der Waals surface area contributed by atoms with E-state index in [1.54, 1.807) is 38.5 Å². The van der Waals surface area contributed by atoms with Gasteiger partial charge < -0.3 is 0 Å². The first-order valence-corrected chi connectivity index (χ1v) is 9.98. The summed E-state index contributed by atoms with van der Waals surface area (Å²) in [7, 11) is 0. The van der Waals surface area contributed by atoms with E-state index in [2.05, 4.69) is 27.7 Å². The van der Waals surface area contributed by atoms with Gasteiger partial charge >= 0.3 is 0 Å². The Balaban J connectivity index is 1.69. The zero-order chi connectivity index (χ0) is 14.8. The molecule has 8 unspecified atom stereocenters. The summed E-state index contributed by atoms with van der Waals surface area (Å²) in [5.41, 5.74) is 1.38. The monoisotopic (exact) mass is 288 g/mol. The van der Waals surface area contributed by atoms with Gasteiger partial charge in [-0.1, -0.05) is 40.5 Å². The molecule has 0 N–H and O–H groups in total. The Labute approximate surface area is 132 Å². The number of hydrogen-bond acceptors (Lipinski definition) is 0. The topological polar surface area (TPSA) is 0 Å². The molecule has 8 atom stereocenters. The Morgan fingerprint density at radius 2 is 1.57 bits per heavy atom. The normalized spacial score (nSPS) is 60.0. The third kappa shape index (κ3) is 1.80. The number of rotatable bonds is 0. The van der Waals surface area contributed by atoms with Crippen molar-refractivity contribution in [1.29, 1.82) is 0 Å². The van der Waals surface area contributed by atoms with Gasteiger partial charge in [-0.3, -0.25) is 0 Å². The molecule has 0 aromatic rings. The van der Waals surface area contributed by atoms with Crippen LogP contribution in [0.1, 0.15) is 85.5 Å². The molecule has 0 saturated heterocycles. The van der Waals surface area contributed by atoms with Crippen LogP contribution in [0.15, 0.2) is 0 Å². The van der Waals surface area contributed by atoms with Crippen molar-refractivity contribution in [1.82, 2.24) is 0 Å². The Morgan fingerprint density at radius 3 is 2.38 bits per heavy atom. The van der Waals surface area contributed by atoms with Crippen molar-refractivity contribution in [3.63, 3.8) is 0 Å². The molecule has 0 amide bonds. The lowest BCUT2D eigenvalue weighted by molar-refractivity contribution is -0.132. The molecule has 4 fully saturated rings. The highest BCUT2D eigenvalue weighted by Gasteiger charge is 2.60.